The monoisotopic (exact) mass is 567 g/mol. The lowest BCUT2D eigenvalue weighted by molar-refractivity contribution is -0.156. The van der Waals surface area contributed by atoms with Crippen LogP contribution in [0.15, 0.2) is 49.6 Å². The maximum atomic E-state index is 14.6. The van der Waals surface area contributed by atoms with Gasteiger partial charge < -0.3 is 29.3 Å². The second-order valence-electron chi connectivity index (χ2n) is 12.2. The van der Waals surface area contributed by atoms with Crippen LogP contribution in [0.1, 0.15) is 53.9 Å². The molecule has 1 N–H and O–H groups in total. The summed E-state index contributed by atoms with van der Waals surface area (Å²) >= 11 is 0. The van der Waals surface area contributed by atoms with E-state index in [9.17, 15) is 19.5 Å². The summed E-state index contributed by atoms with van der Waals surface area (Å²) in [6, 6.07) is 6.33. The highest BCUT2D eigenvalue weighted by Gasteiger charge is 2.79. The Morgan fingerprint density at radius 3 is 2.32 bits per heavy atom. The summed E-state index contributed by atoms with van der Waals surface area (Å²) in [5, 5.41) is 9.94. The van der Waals surface area contributed by atoms with E-state index in [0.29, 0.717) is 43.9 Å². The number of carbonyl (C=O) groups excluding carboxylic acids is 3. The van der Waals surface area contributed by atoms with E-state index in [1.54, 1.807) is 22.0 Å². The van der Waals surface area contributed by atoms with Crippen molar-refractivity contribution in [2.45, 2.75) is 76.7 Å². The van der Waals surface area contributed by atoms with Crippen molar-refractivity contribution in [2.75, 3.05) is 37.7 Å². The van der Waals surface area contributed by atoms with E-state index in [4.69, 9.17) is 9.47 Å². The van der Waals surface area contributed by atoms with Crippen molar-refractivity contribution >= 4 is 23.4 Å². The van der Waals surface area contributed by atoms with Crippen LogP contribution in [-0.2, 0) is 19.1 Å². The van der Waals surface area contributed by atoms with Crippen molar-refractivity contribution in [1.82, 2.24) is 9.80 Å². The van der Waals surface area contributed by atoms with Gasteiger partial charge in [-0.25, -0.2) is 0 Å². The number of aliphatic hydroxyl groups excluding tert-OH is 1. The Kier molecular flexibility index (Phi) is 8.71. The fraction of sp³-hybridized carbons (Fsp3) is 0.594. The summed E-state index contributed by atoms with van der Waals surface area (Å²) in [4.78, 5) is 48.0. The van der Waals surface area contributed by atoms with Gasteiger partial charge in [0.05, 0.1) is 30.7 Å². The molecule has 2 bridgehead atoms. The number of carbonyl (C=O) groups is 3. The van der Waals surface area contributed by atoms with Crippen molar-refractivity contribution in [1.29, 1.82) is 0 Å². The molecule has 3 aliphatic rings. The van der Waals surface area contributed by atoms with Crippen molar-refractivity contribution in [3.8, 4) is 5.75 Å². The number of aliphatic hydroxyl groups is 1. The van der Waals surface area contributed by atoms with E-state index in [0.717, 1.165) is 0 Å². The zero-order chi connectivity index (χ0) is 30.2. The number of hydrogen-bond acceptors (Lipinski definition) is 6. The van der Waals surface area contributed by atoms with Gasteiger partial charge in [0.1, 0.15) is 17.4 Å². The summed E-state index contributed by atoms with van der Waals surface area (Å²) < 4.78 is 12.5. The molecule has 1 aromatic rings. The third-order valence-corrected chi connectivity index (χ3v) is 8.95. The molecule has 0 aromatic heterocycles. The average molecular weight is 568 g/mol. The minimum Gasteiger partial charge on any atom is -0.494 e. The number of benzene rings is 1. The van der Waals surface area contributed by atoms with Crippen LogP contribution in [0.5, 0.6) is 5.75 Å². The summed E-state index contributed by atoms with van der Waals surface area (Å²) in [5.74, 6) is -1.73. The molecule has 3 aliphatic heterocycles. The zero-order valence-electron chi connectivity index (χ0n) is 25.1. The maximum absolute atomic E-state index is 14.6. The SMILES string of the molecule is C=CCN(C(=O)[C@H]1[C@H]2C(=O)N(CCO)C(C(=O)N(CC=C)C(C)(C)C)C23CC[C@]1(CC)O3)c1ccc(OCC)cc1. The largest absolute Gasteiger partial charge is 0.494 e. The molecule has 0 saturated carbocycles. The molecule has 3 heterocycles. The van der Waals surface area contributed by atoms with Crippen molar-refractivity contribution in [3.05, 3.63) is 49.6 Å². The molecule has 9 heteroatoms. The van der Waals surface area contributed by atoms with Gasteiger partial charge in [0, 0.05) is 30.9 Å². The van der Waals surface area contributed by atoms with E-state index in [1.807, 2.05) is 58.9 Å². The van der Waals surface area contributed by atoms with Crippen molar-refractivity contribution in [2.24, 2.45) is 11.8 Å². The number of rotatable bonds is 12. The van der Waals surface area contributed by atoms with Crippen LogP contribution >= 0.6 is 0 Å². The highest BCUT2D eigenvalue weighted by atomic mass is 16.5. The minimum absolute atomic E-state index is 0.0157. The predicted octanol–water partition coefficient (Wildman–Crippen LogP) is 3.56. The van der Waals surface area contributed by atoms with Gasteiger partial charge in [0.25, 0.3) is 0 Å². The lowest BCUT2D eigenvalue weighted by Gasteiger charge is -2.42. The van der Waals surface area contributed by atoms with E-state index in [-0.39, 0.29) is 37.4 Å². The number of hydrogen-bond donors (Lipinski definition) is 1. The van der Waals surface area contributed by atoms with Crippen LogP contribution in [0.2, 0.25) is 0 Å². The van der Waals surface area contributed by atoms with E-state index < -0.39 is 34.6 Å². The summed E-state index contributed by atoms with van der Waals surface area (Å²) in [6.07, 6.45) is 4.89. The molecule has 4 rings (SSSR count). The number of β-amino-alcohol motifs (C(OH)–C–C–N with tert-alkyl or cyclic N) is 1. The summed E-state index contributed by atoms with van der Waals surface area (Å²) in [5.41, 5.74) is -1.92. The first-order chi connectivity index (χ1) is 19.5. The lowest BCUT2D eigenvalue weighted by Crippen LogP contribution is -2.60. The van der Waals surface area contributed by atoms with Crippen LogP contribution in [0.4, 0.5) is 5.69 Å². The Balaban J connectivity index is 1.80. The number of amides is 3. The van der Waals surface area contributed by atoms with E-state index in [2.05, 4.69) is 13.2 Å². The van der Waals surface area contributed by atoms with Gasteiger partial charge in [0.2, 0.25) is 17.7 Å². The molecule has 0 aliphatic carbocycles. The fourth-order valence-corrected chi connectivity index (χ4v) is 7.20. The molecular weight excluding hydrogens is 522 g/mol. The topological polar surface area (TPSA) is 99.6 Å². The summed E-state index contributed by atoms with van der Waals surface area (Å²) in [7, 11) is 0. The van der Waals surface area contributed by atoms with Gasteiger partial charge in [0.15, 0.2) is 0 Å². The Morgan fingerprint density at radius 1 is 1.12 bits per heavy atom. The Morgan fingerprint density at radius 2 is 1.78 bits per heavy atom. The van der Waals surface area contributed by atoms with Gasteiger partial charge in [-0.05, 0) is 71.2 Å². The van der Waals surface area contributed by atoms with Crippen LogP contribution in [-0.4, -0.2) is 88.3 Å². The Bertz CT molecular complexity index is 1180. The molecule has 9 nitrogen and oxygen atoms in total. The smallest absolute Gasteiger partial charge is 0.249 e. The first-order valence-corrected chi connectivity index (χ1v) is 14.6. The third kappa shape index (κ3) is 4.97. The molecule has 41 heavy (non-hydrogen) atoms. The number of ether oxygens (including phenoxy) is 2. The number of anilines is 1. The number of nitrogens with zero attached hydrogens (tertiary/aromatic N) is 3. The van der Waals surface area contributed by atoms with E-state index in [1.165, 1.54) is 4.90 Å². The molecule has 1 aromatic carbocycles. The molecular formula is C32H45N3O6. The standard InChI is InChI=1S/C32H45N3O6/c1-8-18-33(22-12-14-23(15-13-22)40-11-4)27(37)24-25-28(38)34(20-21-36)26(29(39)35(19-9-2)30(5,6)7)32(25)17-16-31(24,10-3)41-32/h8-9,12-15,24-26,36H,1-2,10-11,16-21H2,3-7H3/t24-,25+,26?,31+,32?/m1/s1. The van der Waals surface area contributed by atoms with Crippen molar-refractivity contribution in [3.63, 3.8) is 0 Å². The number of fused-ring (bicyclic) bond motifs is 1. The molecule has 2 unspecified atom stereocenters. The molecule has 224 valence electrons. The van der Waals surface area contributed by atoms with Crippen LogP contribution < -0.4 is 9.64 Å². The molecule has 3 saturated heterocycles. The highest BCUT2D eigenvalue weighted by molar-refractivity contribution is 6.03. The van der Waals surface area contributed by atoms with Crippen molar-refractivity contribution < 1.29 is 29.0 Å². The predicted molar refractivity (Wildman–Crippen MR) is 157 cm³/mol. The molecule has 1 spiro atoms. The first-order valence-electron chi connectivity index (χ1n) is 14.6. The fourth-order valence-electron chi connectivity index (χ4n) is 7.20. The minimum atomic E-state index is -1.16. The van der Waals surface area contributed by atoms with Gasteiger partial charge >= 0.3 is 0 Å². The molecule has 3 amide bonds. The second kappa shape index (κ2) is 11.6. The van der Waals surface area contributed by atoms with Crippen LogP contribution in [0, 0.1) is 11.8 Å². The van der Waals surface area contributed by atoms with Gasteiger partial charge in [-0.2, -0.15) is 0 Å². The van der Waals surface area contributed by atoms with Gasteiger partial charge in [-0.15, -0.1) is 13.2 Å². The summed E-state index contributed by atoms with van der Waals surface area (Å²) in [6.45, 7) is 18.2. The number of likely N-dealkylation sites (tertiary alicyclic amines) is 1. The molecule has 0 radical (unpaired) electrons. The molecule has 5 atom stereocenters. The highest BCUT2D eigenvalue weighted by Crippen LogP contribution is 2.64. The van der Waals surface area contributed by atoms with Gasteiger partial charge in [-0.1, -0.05) is 19.1 Å². The maximum Gasteiger partial charge on any atom is 0.249 e. The lowest BCUT2D eigenvalue weighted by atomic mass is 9.64. The Hall–Kier alpha value is -3.17. The average Bonchev–Trinajstić information content (AvgIpc) is 3.54. The first kappa shape index (κ1) is 30.8. The molecule has 3 fully saturated rings. The third-order valence-electron chi connectivity index (χ3n) is 8.95. The van der Waals surface area contributed by atoms with Crippen LogP contribution in [0.25, 0.3) is 0 Å². The quantitative estimate of drug-likeness (QED) is 0.388. The van der Waals surface area contributed by atoms with Crippen LogP contribution in [0.3, 0.4) is 0 Å². The normalized spacial score (nSPS) is 28.4. The second-order valence-corrected chi connectivity index (χ2v) is 12.2. The van der Waals surface area contributed by atoms with E-state index >= 15 is 0 Å². The van der Waals surface area contributed by atoms with Gasteiger partial charge in [-0.3, -0.25) is 14.4 Å². The Labute approximate surface area is 243 Å². The zero-order valence-corrected chi connectivity index (χ0v) is 25.1.